The van der Waals surface area contributed by atoms with Crippen LogP contribution in [0.1, 0.15) is 65.2 Å². The number of carbonyl (C=O) groups is 1. The molecular formula is C19H37N3O. The molecule has 4 nitrogen and oxygen atoms in total. The maximum atomic E-state index is 12.6. The topological polar surface area (TPSA) is 26.8 Å². The van der Waals surface area contributed by atoms with Crippen molar-refractivity contribution in [1.82, 2.24) is 14.7 Å². The molecule has 2 fully saturated rings. The second kappa shape index (κ2) is 10.3. The van der Waals surface area contributed by atoms with Crippen LogP contribution in [0.3, 0.4) is 0 Å². The molecule has 2 aliphatic heterocycles. The number of likely N-dealkylation sites (tertiary alicyclic amines) is 2. The Morgan fingerprint density at radius 1 is 0.957 bits per heavy atom. The maximum absolute atomic E-state index is 12.6. The van der Waals surface area contributed by atoms with Gasteiger partial charge in [-0.25, -0.2) is 0 Å². The molecule has 2 rings (SSSR count). The summed E-state index contributed by atoms with van der Waals surface area (Å²) in [6.45, 7) is 11.5. The third kappa shape index (κ3) is 6.07. The van der Waals surface area contributed by atoms with E-state index in [1.165, 1.54) is 51.6 Å². The van der Waals surface area contributed by atoms with Gasteiger partial charge in [-0.05, 0) is 58.2 Å². The van der Waals surface area contributed by atoms with Crippen molar-refractivity contribution in [2.24, 2.45) is 0 Å². The van der Waals surface area contributed by atoms with Crippen LogP contribution in [0.2, 0.25) is 0 Å². The summed E-state index contributed by atoms with van der Waals surface area (Å²) in [4.78, 5) is 19.8. The molecule has 0 N–H and O–H groups in total. The molecule has 0 aromatic rings. The molecule has 0 unspecified atom stereocenters. The molecule has 0 saturated carbocycles. The molecule has 23 heavy (non-hydrogen) atoms. The van der Waals surface area contributed by atoms with Gasteiger partial charge in [0, 0.05) is 25.7 Å². The van der Waals surface area contributed by atoms with Gasteiger partial charge in [0.1, 0.15) is 0 Å². The van der Waals surface area contributed by atoms with Crippen molar-refractivity contribution in [3.05, 3.63) is 0 Å². The van der Waals surface area contributed by atoms with Gasteiger partial charge in [-0.3, -0.25) is 14.6 Å². The first-order chi connectivity index (χ1) is 11.2. The standard InChI is InChI=1S/C19H37N3O/c1-3-11-22(12-4-2)19(23)17-20-13-9-10-18(16-20)21-14-7-5-6-8-15-21/h18H,3-17H2,1-2H3/t18-/m0/s1. The smallest absolute Gasteiger partial charge is 0.236 e. The summed E-state index contributed by atoms with van der Waals surface area (Å²) >= 11 is 0. The van der Waals surface area contributed by atoms with Gasteiger partial charge < -0.3 is 4.90 Å². The van der Waals surface area contributed by atoms with E-state index in [0.717, 1.165) is 39.0 Å². The van der Waals surface area contributed by atoms with Gasteiger partial charge in [0.05, 0.1) is 6.54 Å². The highest BCUT2D eigenvalue weighted by atomic mass is 16.2. The van der Waals surface area contributed by atoms with Crippen LogP contribution < -0.4 is 0 Å². The average molecular weight is 324 g/mol. The van der Waals surface area contributed by atoms with Gasteiger partial charge in [0.15, 0.2) is 0 Å². The predicted octanol–water partition coefficient (Wildman–Crippen LogP) is 2.98. The minimum absolute atomic E-state index is 0.338. The van der Waals surface area contributed by atoms with E-state index in [4.69, 9.17) is 0 Å². The summed E-state index contributed by atoms with van der Waals surface area (Å²) in [7, 11) is 0. The van der Waals surface area contributed by atoms with Crippen LogP contribution in [0.4, 0.5) is 0 Å². The van der Waals surface area contributed by atoms with Gasteiger partial charge >= 0.3 is 0 Å². The fourth-order valence-electron chi connectivity index (χ4n) is 4.13. The van der Waals surface area contributed by atoms with Crippen molar-refractivity contribution in [3.8, 4) is 0 Å². The first-order valence-corrected chi connectivity index (χ1v) is 9.98. The summed E-state index contributed by atoms with van der Waals surface area (Å²) in [6, 6.07) is 0.681. The number of hydrogen-bond donors (Lipinski definition) is 0. The van der Waals surface area contributed by atoms with E-state index in [1.54, 1.807) is 0 Å². The van der Waals surface area contributed by atoms with E-state index in [9.17, 15) is 4.79 Å². The minimum atomic E-state index is 0.338. The van der Waals surface area contributed by atoms with Crippen LogP contribution >= 0.6 is 0 Å². The Kier molecular flexibility index (Phi) is 8.38. The zero-order chi connectivity index (χ0) is 16.5. The summed E-state index contributed by atoms with van der Waals surface area (Å²) in [5.41, 5.74) is 0. The SMILES string of the molecule is CCCN(CCC)C(=O)CN1CCC[C@H](N2CCCCCC2)C1. The Labute approximate surface area is 143 Å². The second-order valence-corrected chi connectivity index (χ2v) is 7.36. The van der Waals surface area contributed by atoms with Crippen molar-refractivity contribution < 1.29 is 4.79 Å². The van der Waals surface area contributed by atoms with E-state index < -0.39 is 0 Å². The molecule has 1 atom stereocenters. The van der Waals surface area contributed by atoms with Crippen LogP contribution in [0.15, 0.2) is 0 Å². The van der Waals surface area contributed by atoms with Crippen molar-refractivity contribution in [2.45, 2.75) is 71.3 Å². The normalized spacial score (nSPS) is 24.3. The molecule has 0 radical (unpaired) electrons. The van der Waals surface area contributed by atoms with Gasteiger partial charge in [0.25, 0.3) is 0 Å². The first kappa shape index (κ1) is 18.7. The molecule has 2 aliphatic rings. The lowest BCUT2D eigenvalue weighted by atomic mass is 10.0. The Hall–Kier alpha value is -0.610. The summed E-state index contributed by atoms with van der Waals surface area (Å²) < 4.78 is 0. The second-order valence-electron chi connectivity index (χ2n) is 7.36. The van der Waals surface area contributed by atoms with Crippen molar-refractivity contribution in [1.29, 1.82) is 0 Å². The number of rotatable bonds is 7. The highest BCUT2D eigenvalue weighted by Crippen LogP contribution is 2.20. The molecule has 4 heteroatoms. The lowest BCUT2D eigenvalue weighted by Gasteiger charge is -2.39. The molecule has 2 saturated heterocycles. The van der Waals surface area contributed by atoms with E-state index in [0.29, 0.717) is 18.5 Å². The third-order valence-corrected chi connectivity index (χ3v) is 5.34. The fourth-order valence-corrected chi connectivity index (χ4v) is 4.13. The van der Waals surface area contributed by atoms with Crippen LogP contribution in [0.5, 0.6) is 0 Å². The molecule has 0 bridgehead atoms. The van der Waals surface area contributed by atoms with Crippen LogP contribution in [0.25, 0.3) is 0 Å². The third-order valence-electron chi connectivity index (χ3n) is 5.34. The Morgan fingerprint density at radius 2 is 1.61 bits per heavy atom. The predicted molar refractivity (Wildman–Crippen MR) is 96.7 cm³/mol. The maximum Gasteiger partial charge on any atom is 0.236 e. The number of carbonyl (C=O) groups excluding carboxylic acids is 1. The van der Waals surface area contributed by atoms with Gasteiger partial charge in [-0.2, -0.15) is 0 Å². The zero-order valence-electron chi connectivity index (χ0n) is 15.4. The average Bonchev–Trinajstić information content (AvgIpc) is 2.84. The molecule has 0 aromatic carbocycles. The Bertz CT molecular complexity index is 334. The van der Waals surface area contributed by atoms with Crippen molar-refractivity contribution in [2.75, 3.05) is 45.8 Å². The van der Waals surface area contributed by atoms with E-state index in [1.807, 2.05) is 0 Å². The van der Waals surface area contributed by atoms with E-state index in [2.05, 4.69) is 28.5 Å². The fraction of sp³-hybridized carbons (Fsp3) is 0.947. The summed E-state index contributed by atoms with van der Waals surface area (Å²) in [6.07, 6.45) is 10.2. The summed E-state index contributed by atoms with van der Waals surface area (Å²) in [5.74, 6) is 0.338. The lowest BCUT2D eigenvalue weighted by molar-refractivity contribution is -0.133. The monoisotopic (exact) mass is 323 g/mol. The minimum Gasteiger partial charge on any atom is -0.342 e. The highest BCUT2D eigenvalue weighted by molar-refractivity contribution is 5.78. The molecular weight excluding hydrogens is 286 g/mol. The molecule has 1 amide bonds. The number of piperidine rings is 1. The summed E-state index contributed by atoms with van der Waals surface area (Å²) in [5, 5.41) is 0. The molecule has 0 spiro atoms. The van der Waals surface area contributed by atoms with Gasteiger partial charge in [-0.15, -0.1) is 0 Å². The van der Waals surface area contributed by atoms with E-state index in [-0.39, 0.29) is 0 Å². The quantitative estimate of drug-likeness (QED) is 0.721. The zero-order valence-corrected chi connectivity index (χ0v) is 15.4. The Balaban J connectivity index is 1.83. The largest absolute Gasteiger partial charge is 0.342 e. The Morgan fingerprint density at radius 3 is 2.22 bits per heavy atom. The lowest BCUT2D eigenvalue weighted by Crippen LogP contribution is -2.51. The molecule has 134 valence electrons. The molecule has 0 aliphatic carbocycles. The van der Waals surface area contributed by atoms with Crippen LogP contribution in [-0.4, -0.2) is 72.5 Å². The van der Waals surface area contributed by atoms with Crippen molar-refractivity contribution in [3.63, 3.8) is 0 Å². The number of hydrogen-bond acceptors (Lipinski definition) is 3. The van der Waals surface area contributed by atoms with E-state index >= 15 is 0 Å². The number of amides is 1. The van der Waals surface area contributed by atoms with Crippen LogP contribution in [0, 0.1) is 0 Å². The molecule has 2 heterocycles. The molecule has 0 aromatic heterocycles. The van der Waals surface area contributed by atoms with Gasteiger partial charge in [0.2, 0.25) is 5.91 Å². The highest BCUT2D eigenvalue weighted by Gasteiger charge is 2.27. The number of nitrogens with zero attached hydrogens (tertiary/aromatic N) is 3. The van der Waals surface area contributed by atoms with Crippen LogP contribution in [-0.2, 0) is 4.79 Å². The van der Waals surface area contributed by atoms with Gasteiger partial charge in [-0.1, -0.05) is 26.7 Å². The first-order valence-electron chi connectivity index (χ1n) is 9.98. The van der Waals surface area contributed by atoms with Crippen molar-refractivity contribution >= 4 is 5.91 Å².